The number of hydrogen-bond donors (Lipinski definition) is 0. The fourth-order valence-corrected chi connectivity index (χ4v) is 1.84. The molecule has 0 aliphatic carbocycles. The number of halogens is 1. The molecule has 1 atom stereocenters. The Bertz CT molecular complexity index is 387. The first-order chi connectivity index (χ1) is 7.20. The number of fused-ring (bicyclic) bond motifs is 1. The van der Waals surface area contributed by atoms with E-state index in [1.807, 2.05) is 6.92 Å². The van der Waals surface area contributed by atoms with E-state index in [0.29, 0.717) is 17.7 Å². The number of carbonyl (C=O) groups excluding carboxylic acids is 1. The number of ether oxygens (including phenoxy) is 1. The highest BCUT2D eigenvalue weighted by molar-refractivity contribution is 5.99. The molecule has 1 aromatic carbocycles. The Morgan fingerprint density at radius 2 is 2.33 bits per heavy atom. The van der Waals surface area contributed by atoms with E-state index in [-0.39, 0.29) is 17.7 Å². The predicted molar refractivity (Wildman–Crippen MR) is 54.7 cm³/mol. The molecule has 1 aliphatic heterocycles. The lowest BCUT2D eigenvalue weighted by atomic mass is 9.98. The van der Waals surface area contributed by atoms with Crippen molar-refractivity contribution in [2.45, 2.75) is 32.3 Å². The second kappa shape index (κ2) is 4.01. The smallest absolute Gasteiger partial charge is 0.170 e. The summed E-state index contributed by atoms with van der Waals surface area (Å²) in [7, 11) is 0. The minimum absolute atomic E-state index is 0.0506. The first kappa shape index (κ1) is 10.1. The summed E-state index contributed by atoms with van der Waals surface area (Å²) in [4.78, 5) is 11.7. The third kappa shape index (κ3) is 2.01. The van der Waals surface area contributed by atoms with Crippen LogP contribution in [-0.2, 0) is 0 Å². The molecule has 1 aliphatic rings. The molecule has 0 radical (unpaired) electrons. The molecule has 0 saturated carbocycles. The highest BCUT2D eigenvalue weighted by atomic mass is 19.1. The zero-order valence-corrected chi connectivity index (χ0v) is 8.63. The minimum Gasteiger partial charge on any atom is -0.489 e. The van der Waals surface area contributed by atoms with Crippen LogP contribution in [0.15, 0.2) is 18.2 Å². The highest BCUT2D eigenvalue weighted by Gasteiger charge is 2.25. The molecule has 2 rings (SSSR count). The zero-order valence-electron chi connectivity index (χ0n) is 8.63. The summed E-state index contributed by atoms with van der Waals surface area (Å²) in [6, 6.07) is 4.07. The molecule has 1 unspecified atom stereocenters. The van der Waals surface area contributed by atoms with E-state index in [2.05, 4.69) is 0 Å². The summed E-state index contributed by atoms with van der Waals surface area (Å²) in [6.07, 6.45) is 2.12. The van der Waals surface area contributed by atoms with E-state index in [4.69, 9.17) is 4.74 Å². The number of hydrogen-bond acceptors (Lipinski definition) is 2. The summed E-state index contributed by atoms with van der Waals surface area (Å²) in [5, 5.41) is 0. The Kier molecular flexibility index (Phi) is 2.71. The number of carbonyl (C=O) groups is 1. The quantitative estimate of drug-likeness (QED) is 0.746. The van der Waals surface area contributed by atoms with Crippen LogP contribution in [0.3, 0.4) is 0 Å². The van der Waals surface area contributed by atoms with Gasteiger partial charge in [-0.1, -0.05) is 13.3 Å². The summed E-state index contributed by atoms with van der Waals surface area (Å²) >= 11 is 0. The summed E-state index contributed by atoms with van der Waals surface area (Å²) in [5.74, 6) is 0.0816. The molecule has 0 spiro atoms. The number of benzene rings is 1. The normalized spacial score (nSPS) is 19.6. The Labute approximate surface area is 88.1 Å². The van der Waals surface area contributed by atoms with Crippen molar-refractivity contribution in [2.75, 3.05) is 0 Å². The predicted octanol–water partition coefficient (Wildman–Crippen LogP) is 2.96. The molecular weight excluding hydrogens is 195 g/mol. The highest BCUT2D eigenvalue weighted by Crippen LogP contribution is 2.29. The van der Waals surface area contributed by atoms with E-state index in [1.165, 1.54) is 18.2 Å². The van der Waals surface area contributed by atoms with Gasteiger partial charge in [0.2, 0.25) is 0 Å². The fraction of sp³-hybridized carbons (Fsp3) is 0.417. The SMILES string of the molecule is CCCC1CC(=O)c2ccc(F)cc2O1. The zero-order chi connectivity index (χ0) is 10.8. The van der Waals surface area contributed by atoms with E-state index < -0.39 is 0 Å². The first-order valence-corrected chi connectivity index (χ1v) is 5.20. The lowest BCUT2D eigenvalue weighted by molar-refractivity contribution is 0.0837. The van der Waals surface area contributed by atoms with Gasteiger partial charge in [0.25, 0.3) is 0 Å². The Balaban J connectivity index is 2.29. The molecule has 0 N–H and O–H groups in total. The van der Waals surface area contributed by atoms with Gasteiger partial charge in [0.15, 0.2) is 5.78 Å². The van der Waals surface area contributed by atoms with E-state index in [1.54, 1.807) is 0 Å². The summed E-state index contributed by atoms with van der Waals surface area (Å²) < 4.78 is 18.5. The maximum atomic E-state index is 12.9. The van der Waals surface area contributed by atoms with Gasteiger partial charge in [0, 0.05) is 12.5 Å². The second-order valence-electron chi connectivity index (χ2n) is 3.80. The van der Waals surface area contributed by atoms with Crippen molar-refractivity contribution in [1.82, 2.24) is 0 Å². The number of Topliss-reactive ketones (excluding diaryl/α,β-unsaturated/α-hetero) is 1. The molecule has 0 fully saturated rings. The van der Waals surface area contributed by atoms with Crippen molar-refractivity contribution in [1.29, 1.82) is 0 Å². The number of rotatable bonds is 2. The molecule has 3 heteroatoms. The standard InChI is InChI=1S/C12H13FO2/c1-2-3-9-7-11(14)10-5-4-8(13)6-12(10)15-9/h4-6,9H,2-3,7H2,1H3. The van der Waals surface area contributed by atoms with Crippen LogP contribution in [0, 0.1) is 5.82 Å². The van der Waals surface area contributed by atoms with Crippen molar-refractivity contribution in [3.05, 3.63) is 29.6 Å². The topological polar surface area (TPSA) is 26.3 Å². The molecule has 0 amide bonds. The lowest BCUT2D eigenvalue weighted by Crippen LogP contribution is -2.26. The molecule has 0 aromatic heterocycles. The lowest BCUT2D eigenvalue weighted by Gasteiger charge is -2.24. The van der Waals surface area contributed by atoms with Crippen molar-refractivity contribution in [3.63, 3.8) is 0 Å². The van der Waals surface area contributed by atoms with Crippen LogP contribution < -0.4 is 4.74 Å². The Hall–Kier alpha value is -1.38. The molecule has 0 bridgehead atoms. The van der Waals surface area contributed by atoms with Crippen molar-refractivity contribution < 1.29 is 13.9 Å². The second-order valence-corrected chi connectivity index (χ2v) is 3.80. The van der Waals surface area contributed by atoms with Crippen molar-refractivity contribution in [2.24, 2.45) is 0 Å². The fourth-order valence-electron chi connectivity index (χ4n) is 1.84. The van der Waals surface area contributed by atoms with E-state index >= 15 is 0 Å². The molecule has 15 heavy (non-hydrogen) atoms. The monoisotopic (exact) mass is 208 g/mol. The van der Waals surface area contributed by atoms with Gasteiger partial charge < -0.3 is 4.74 Å². The van der Waals surface area contributed by atoms with Gasteiger partial charge in [-0.05, 0) is 18.6 Å². The maximum Gasteiger partial charge on any atom is 0.170 e. The van der Waals surface area contributed by atoms with Gasteiger partial charge in [0.1, 0.15) is 17.7 Å². The van der Waals surface area contributed by atoms with Crippen LogP contribution in [0.5, 0.6) is 5.75 Å². The van der Waals surface area contributed by atoms with Crippen molar-refractivity contribution >= 4 is 5.78 Å². The third-order valence-corrected chi connectivity index (χ3v) is 2.56. The van der Waals surface area contributed by atoms with E-state index in [0.717, 1.165) is 12.8 Å². The summed E-state index contributed by atoms with van der Waals surface area (Å²) in [5.41, 5.74) is 0.503. The van der Waals surface area contributed by atoms with Crippen LogP contribution in [-0.4, -0.2) is 11.9 Å². The Morgan fingerprint density at radius 1 is 1.53 bits per heavy atom. The largest absolute Gasteiger partial charge is 0.489 e. The minimum atomic E-state index is -0.362. The molecule has 2 nitrogen and oxygen atoms in total. The van der Waals surface area contributed by atoms with E-state index in [9.17, 15) is 9.18 Å². The van der Waals surface area contributed by atoms with Crippen LogP contribution in [0.4, 0.5) is 4.39 Å². The van der Waals surface area contributed by atoms with Gasteiger partial charge in [-0.3, -0.25) is 4.79 Å². The van der Waals surface area contributed by atoms with Crippen LogP contribution >= 0.6 is 0 Å². The molecule has 1 aromatic rings. The summed E-state index contributed by atoms with van der Waals surface area (Å²) in [6.45, 7) is 2.04. The first-order valence-electron chi connectivity index (χ1n) is 5.20. The number of ketones is 1. The van der Waals surface area contributed by atoms with Gasteiger partial charge >= 0.3 is 0 Å². The molecule has 0 saturated heterocycles. The van der Waals surface area contributed by atoms with Gasteiger partial charge in [-0.25, -0.2) is 4.39 Å². The molecule has 1 heterocycles. The Morgan fingerprint density at radius 3 is 3.07 bits per heavy atom. The average molecular weight is 208 g/mol. The van der Waals surface area contributed by atoms with Gasteiger partial charge in [0.05, 0.1) is 5.56 Å². The van der Waals surface area contributed by atoms with Gasteiger partial charge in [-0.15, -0.1) is 0 Å². The average Bonchev–Trinajstić information content (AvgIpc) is 2.17. The van der Waals surface area contributed by atoms with Crippen LogP contribution in [0.25, 0.3) is 0 Å². The van der Waals surface area contributed by atoms with Gasteiger partial charge in [-0.2, -0.15) is 0 Å². The van der Waals surface area contributed by atoms with Crippen LogP contribution in [0.2, 0.25) is 0 Å². The molecular formula is C12H13FO2. The molecule has 80 valence electrons. The van der Waals surface area contributed by atoms with Crippen molar-refractivity contribution in [3.8, 4) is 5.75 Å². The maximum absolute atomic E-state index is 12.9. The van der Waals surface area contributed by atoms with Crippen LogP contribution in [0.1, 0.15) is 36.5 Å². The third-order valence-electron chi connectivity index (χ3n) is 2.56.